The Morgan fingerprint density at radius 1 is 1.17 bits per heavy atom. The minimum atomic E-state index is -0.441. The zero-order chi connectivity index (χ0) is 16.0. The van der Waals surface area contributed by atoms with Gasteiger partial charge in [0.2, 0.25) is 0 Å². The number of hydrogen-bond donors (Lipinski definition) is 1. The molecule has 5 nitrogen and oxygen atoms in total. The van der Waals surface area contributed by atoms with Crippen molar-refractivity contribution in [2.75, 3.05) is 26.3 Å². The number of hydrogen-bond acceptors (Lipinski definition) is 3. The lowest BCUT2D eigenvalue weighted by molar-refractivity contribution is -0.181. The van der Waals surface area contributed by atoms with E-state index in [2.05, 4.69) is 30.1 Å². The fraction of sp³-hybridized carbons (Fsp3) is 0.500. The summed E-state index contributed by atoms with van der Waals surface area (Å²) in [4.78, 5) is 18.1. The first kappa shape index (κ1) is 14.7. The number of aromatic amines is 1. The lowest BCUT2D eigenvalue weighted by Gasteiger charge is -2.37. The normalized spacial score (nSPS) is 20.5. The molecule has 122 valence electrons. The Labute approximate surface area is 135 Å². The van der Waals surface area contributed by atoms with Crippen molar-refractivity contribution in [3.63, 3.8) is 0 Å². The molecule has 0 radical (unpaired) electrons. The molecule has 1 spiro atoms. The summed E-state index contributed by atoms with van der Waals surface area (Å²) in [5.41, 5.74) is 3.95. The van der Waals surface area contributed by atoms with Crippen LogP contribution in [0.25, 0.3) is 10.9 Å². The van der Waals surface area contributed by atoms with Crippen LogP contribution in [0.2, 0.25) is 0 Å². The summed E-state index contributed by atoms with van der Waals surface area (Å²) in [6, 6.07) is 6.25. The zero-order valence-electron chi connectivity index (χ0n) is 13.6. The maximum atomic E-state index is 12.9. The first-order valence-electron chi connectivity index (χ1n) is 8.24. The Balaban J connectivity index is 1.56. The van der Waals surface area contributed by atoms with Crippen LogP contribution in [0.4, 0.5) is 0 Å². The van der Waals surface area contributed by atoms with E-state index in [1.807, 2.05) is 11.8 Å². The van der Waals surface area contributed by atoms with Crippen LogP contribution in [0, 0.1) is 13.8 Å². The molecule has 23 heavy (non-hydrogen) atoms. The Morgan fingerprint density at radius 2 is 1.87 bits per heavy atom. The fourth-order valence-corrected chi connectivity index (χ4v) is 3.66. The molecular weight excluding hydrogens is 292 g/mol. The van der Waals surface area contributed by atoms with Gasteiger partial charge in [-0.15, -0.1) is 0 Å². The van der Waals surface area contributed by atoms with Crippen LogP contribution in [-0.2, 0) is 9.47 Å². The molecule has 2 aromatic rings. The molecular formula is C18H22N2O3. The number of rotatable bonds is 1. The summed E-state index contributed by atoms with van der Waals surface area (Å²) in [6.45, 7) is 6.74. The molecule has 1 amide bonds. The highest BCUT2D eigenvalue weighted by Gasteiger charge is 2.41. The van der Waals surface area contributed by atoms with E-state index in [1.54, 1.807) is 0 Å². The summed E-state index contributed by atoms with van der Waals surface area (Å²) in [5, 5.41) is 1.12. The fourth-order valence-electron chi connectivity index (χ4n) is 3.66. The van der Waals surface area contributed by atoms with Gasteiger partial charge < -0.3 is 19.4 Å². The molecule has 1 aromatic carbocycles. The van der Waals surface area contributed by atoms with Gasteiger partial charge in [-0.3, -0.25) is 4.79 Å². The Hall–Kier alpha value is -1.85. The number of benzene rings is 1. The third-order valence-electron chi connectivity index (χ3n) is 5.05. The monoisotopic (exact) mass is 314 g/mol. The largest absolute Gasteiger partial charge is 0.350 e. The Bertz CT molecular complexity index is 749. The van der Waals surface area contributed by atoms with E-state index in [1.165, 1.54) is 5.56 Å². The lowest BCUT2D eigenvalue weighted by atomic mass is 10.0. The number of likely N-dealkylation sites (tertiary alicyclic amines) is 1. The van der Waals surface area contributed by atoms with Crippen molar-refractivity contribution in [2.45, 2.75) is 32.5 Å². The van der Waals surface area contributed by atoms with E-state index >= 15 is 0 Å². The van der Waals surface area contributed by atoms with Crippen molar-refractivity contribution in [2.24, 2.45) is 0 Å². The number of piperidine rings is 1. The molecule has 0 unspecified atom stereocenters. The smallest absolute Gasteiger partial charge is 0.270 e. The molecule has 2 aliphatic rings. The number of carbonyl (C=O) groups is 1. The topological polar surface area (TPSA) is 54.6 Å². The minimum absolute atomic E-state index is 0.0733. The van der Waals surface area contributed by atoms with Crippen molar-refractivity contribution in [3.8, 4) is 0 Å². The minimum Gasteiger partial charge on any atom is -0.350 e. The van der Waals surface area contributed by atoms with Crippen LogP contribution >= 0.6 is 0 Å². The second kappa shape index (κ2) is 5.35. The van der Waals surface area contributed by atoms with Gasteiger partial charge in [-0.25, -0.2) is 0 Å². The van der Waals surface area contributed by atoms with E-state index in [9.17, 15) is 4.79 Å². The summed E-state index contributed by atoms with van der Waals surface area (Å²) in [6.07, 6.45) is 1.49. The van der Waals surface area contributed by atoms with Crippen LogP contribution in [0.3, 0.4) is 0 Å². The lowest BCUT2D eigenvalue weighted by Crippen LogP contribution is -2.47. The number of nitrogens with one attached hydrogen (secondary N) is 1. The number of carbonyl (C=O) groups excluding carboxylic acids is 1. The van der Waals surface area contributed by atoms with Gasteiger partial charge in [0.05, 0.1) is 13.2 Å². The number of aromatic nitrogens is 1. The number of amides is 1. The van der Waals surface area contributed by atoms with E-state index in [0.29, 0.717) is 32.0 Å². The van der Waals surface area contributed by atoms with Gasteiger partial charge in [0, 0.05) is 36.8 Å². The second-order valence-electron chi connectivity index (χ2n) is 6.57. The first-order chi connectivity index (χ1) is 11.1. The highest BCUT2D eigenvalue weighted by atomic mass is 16.7. The average molecular weight is 314 g/mol. The van der Waals surface area contributed by atoms with Crippen LogP contribution in [0.5, 0.6) is 0 Å². The summed E-state index contributed by atoms with van der Waals surface area (Å²) < 4.78 is 11.5. The number of H-pyrrole nitrogens is 1. The van der Waals surface area contributed by atoms with Gasteiger partial charge >= 0.3 is 0 Å². The summed E-state index contributed by atoms with van der Waals surface area (Å²) in [7, 11) is 0. The molecule has 0 saturated carbocycles. The first-order valence-corrected chi connectivity index (χ1v) is 8.24. The summed E-state index contributed by atoms with van der Waals surface area (Å²) >= 11 is 0. The molecule has 2 fully saturated rings. The number of aryl methyl sites for hydroxylation is 2. The van der Waals surface area contributed by atoms with E-state index in [4.69, 9.17) is 9.47 Å². The molecule has 0 bridgehead atoms. The number of ether oxygens (including phenoxy) is 2. The Morgan fingerprint density at radius 3 is 2.57 bits per heavy atom. The molecule has 2 aliphatic heterocycles. The second-order valence-corrected chi connectivity index (χ2v) is 6.57. The van der Waals surface area contributed by atoms with Crippen LogP contribution in [-0.4, -0.2) is 47.9 Å². The van der Waals surface area contributed by atoms with Crippen molar-refractivity contribution < 1.29 is 14.3 Å². The molecule has 1 aromatic heterocycles. The van der Waals surface area contributed by atoms with Gasteiger partial charge in [0.15, 0.2) is 5.79 Å². The van der Waals surface area contributed by atoms with Crippen LogP contribution in [0.1, 0.15) is 34.5 Å². The maximum Gasteiger partial charge on any atom is 0.270 e. The zero-order valence-corrected chi connectivity index (χ0v) is 13.6. The third kappa shape index (κ3) is 2.44. The maximum absolute atomic E-state index is 12.9. The highest BCUT2D eigenvalue weighted by Crippen LogP contribution is 2.32. The highest BCUT2D eigenvalue weighted by molar-refractivity contribution is 6.01. The van der Waals surface area contributed by atoms with Crippen molar-refractivity contribution >= 4 is 16.8 Å². The Kier molecular flexibility index (Phi) is 3.43. The predicted octanol–water partition coefficient (Wildman–Crippen LogP) is 2.76. The van der Waals surface area contributed by atoms with Crippen LogP contribution in [0.15, 0.2) is 18.2 Å². The SMILES string of the molecule is Cc1ccc2c(C)c(C(=O)N3CCC4(CC3)OCCO4)[nH]c2c1. The van der Waals surface area contributed by atoms with Gasteiger partial charge in [0.1, 0.15) is 5.69 Å². The number of nitrogens with zero attached hydrogens (tertiary/aromatic N) is 1. The molecule has 1 N–H and O–H groups in total. The molecule has 2 saturated heterocycles. The van der Waals surface area contributed by atoms with Crippen molar-refractivity contribution in [3.05, 3.63) is 35.0 Å². The third-order valence-corrected chi connectivity index (χ3v) is 5.05. The average Bonchev–Trinajstić information content (AvgIpc) is 3.13. The molecule has 0 atom stereocenters. The van der Waals surface area contributed by atoms with Gasteiger partial charge in [-0.1, -0.05) is 12.1 Å². The summed E-state index contributed by atoms with van der Waals surface area (Å²) in [5.74, 6) is -0.368. The van der Waals surface area contributed by atoms with Crippen molar-refractivity contribution in [1.29, 1.82) is 0 Å². The quantitative estimate of drug-likeness (QED) is 0.880. The molecule has 4 rings (SSSR count). The van der Waals surface area contributed by atoms with Crippen molar-refractivity contribution in [1.82, 2.24) is 9.88 Å². The van der Waals surface area contributed by atoms with Gasteiger partial charge in [0.25, 0.3) is 5.91 Å². The standard InChI is InChI=1S/C18H22N2O3/c1-12-3-4-14-13(2)16(19-15(14)11-12)17(21)20-7-5-18(6-8-20)22-9-10-23-18/h3-4,11,19H,5-10H2,1-2H3. The molecule has 5 heteroatoms. The molecule has 3 heterocycles. The number of fused-ring (bicyclic) bond motifs is 1. The van der Waals surface area contributed by atoms with Crippen LogP contribution < -0.4 is 0 Å². The predicted molar refractivity (Wildman–Crippen MR) is 87.5 cm³/mol. The van der Waals surface area contributed by atoms with E-state index < -0.39 is 5.79 Å². The van der Waals surface area contributed by atoms with E-state index in [-0.39, 0.29) is 5.91 Å². The van der Waals surface area contributed by atoms with Gasteiger partial charge in [-0.2, -0.15) is 0 Å². The molecule has 0 aliphatic carbocycles. The van der Waals surface area contributed by atoms with Gasteiger partial charge in [-0.05, 0) is 31.0 Å². The van der Waals surface area contributed by atoms with E-state index in [0.717, 1.165) is 29.3 Å².